The number of nitrogens with one attached hydrogen (secondary N) is 1. The van der Waals surface area contributed by atoms with Gasteiger partial charge in [-0.15, -0.1) is 0 Å². The molecule has 1 unspecified atom stereocenters. The van der Waals surface area contributed by atoms with Crippen LogP contribution in [0.4, 0.5) is 0 Å². The highest BCUT2D eigenvalue weighted by atomic mass is 32.2. The van der Waals surface area contributed by atoms with E-state index in [9.17, 15) is 13.2 Å². The largest absolute Gasteiger partial charge is 0.383 e. The van der Waals surface area contributed by atoms with E-state index in [2.05, 4.69) is 15.3 Å². The molecule has 0 bridgehead atoms. The summed E-state index contributed by atoms with van der Waals surface area (Å²) in [6.45, 7) is 4.10. The minimum Gasteiger partial charge on any atom is -0.383 e. The fourth-order valence-electron chi connectivity index (χ4n) is 2.33. The summed E-state index contributed by atoms with van der Waals surface area (Å²) in [5, 5.41) is 2.76. The van der Waals surface area contributed by atoms with Crippen molar-refractivity contribution in [1.29, 1.82) is 0 Å². The van der Waals surface area contributed by atoms with Gasteiger partial charge in [-0.25, -0.2) is 18.4 Å². The topological polar surface area (TPSA) is 101 Å². The quantitative estimate of drug-likeness (QED) is 0.728. The molecule has 0 saturated carbocycles. The Labute approximate surface area is 159 Å². The van der Waals surface area contributed by atoms with Crippen molar-refractivity contribution in [2.24, 2.45) is 0 Å². The number of rotatable bonds is 8. The van der Waals surface area contributed by atoms with Crippen LogP contribution in [0.2, 0.25) is 0 Å². The summed E-state index contributed by atoms with van der Waals surface area (Å²) < 4.78 is 31.3. The maximum absolute atomic E-state index is 12.6. The van der Waals surface area contributed by atoms with Gasteiger partial charge in [-0.2, -0.15) is 4.31 Å². The Bertz CT molecular complexity index is 867. The third-order valence-corrected chi connectivity index (χ3v) is 5.67. The Balaban J connectivity index is 2.05. The lowest BCUT2D eigenvalue weighted by molar-refractivity contribution is 0.0904. The summed E-state index contributed by atoms with van der Waals surface area (Å²) in [5.41, 5.74) is 1.28. The third kappa shape index (κ3) is 5.56. The van der Waals surface area contributed by atoms with Gasteiger partial charge in [0.25, 0.3) is 5.91 Å². The number of aryl methyl sites for hydroxylation is 1. The van der Waals surface area contributed by atoms with Gasteiger partial charge in [0.1, 0.15) is 5.82 Å². The van der Waals surface area contributed by atoms with Crippen molar-refractivity contribution in [3.05, 3.63) is 53.6 Å². The molecule has 9 heteroatoms. The van der Waals surface area contributed by atoms with Crippen LogP contribution in [0.5, 0.6) is 0 Å². The van der Waals surface area contributed by atoms with E-state index in [4.69, 9.17) is 4.74 Å². The summed E-state index contributed by atoms with van der Waals surface area (Å²) in [4.78, 5) is 20.5. The van der Waals surface area contributed by atoms with Crippen LogP contribution >= 0.6 is 0 Å². The second kappa shape index (κ2) is 9.03. The van der Waals surface area contributed by atoms with Gasteiger partial charge in [0.05, 0.1) is 23.6 Å². The molecule has 0 fully saturated rings. The van der Waals surface area contributed by atoms with Crippen LogP contribution in [0.25, 0.3) is 0 Å². The predicted molar refractivity (Wildman–Crippen MR) is 101 cm³/mol. The number of hydrogen-bond donors (Lipinski definition) is 1. The molecule has 27 heavy (non-hydrogen) atoms. The molecule has 1 aromatic carbocycles. The number of sulfonamides is 1. The fraction of sp³-hybridized carbons (Fsp3) is 0.389. The van der Waals surface area contributed by atoms with Crippen LogP contribution in [0.3, 0.4) is 0 Å². The van der Waals surface area contributed by atoms with E-state index < -0.39 is 10.0 Å². The summed E-state index contributed by atoms with van der Waals surface area (Å²) in [7, 11) is -0.621. The molecule has 0 aliphatic carbocycles. The van der Waals surface area contributed by atoms with Crippen LogP contribution in [0, 0.1) is 6.92 Å². The first-order valence-electron chi connectivity index (χ1n) is 8.37. The smallest absolute Gasteiger partial charge is 0.254 e. The van der Waals surface area contributed by atoms with Gasteiger partial charge in [0, 0.05) is 32.6 Å². The number of methoxy groups -OCH3 is 1. The average molecular weight is 392 g/mol. The van der Waals surface area contributed by atoms with Gasteiger partial charge >= 0.3 is 0 Å². The maximum atomic E-state index is 12.6. The molecule has 1 N–H and O–H groups in total. The van der Waals surface area contributed by atoms with E-state index in [0.717, 1.165) is 5.56 Å². The maximum Gasteiger partial charge on any atom is 0.254 e. The molecule has 1 amide bonds. The van der Waals surface area contributed by atoms with Crippen molar-refractivity contribution in [3.8, 4) is 0 Å². The van der Waals surface area contributed by atoms with Gasteiger partial charge in [-0.1, -0.05) is 17.7 Å². The fourth-order valence-corrected chi connectivity index (χ4v) is 3.45. The summed E-state index contributed by atoms with van der Waals surface area (Å²) in [6, 6.07) is 6.48. The molecule has 2 aromatic rings. The van der Waals surface area contributed by atoms with Gasteiger partial charge in [-0.05, 0) is 26.0 Å². The summed E-state index contributed by atoms with van der Waals surface area (Å²) in [6.07, 6.45) is 2.76. The lowest BCUT2D eigenvalue weighted by Gasteiger charge is -2.16. The number of ether oxygens (including phenoxy) is 1. The van der Waals surface area contributed by atoms with Crippen LogP contribution in [-0.2, 0) is 21.3 Å². The molecule has 2 rings (SSSR count). The predicted octanol–water partition coefficient (Wildman–Crippen LogP) is 1.37. The minimum atomic E-state index is -3.64. The highest BCUT2D eigenvalue weighted by Gasteiger charge is 2.21. The number of amides is 1. The zero-order chi connectivity index (χ0) is 20.0. The van der Waals surface area contributed by atoms with E-state index in [1.165, 1.54) is 23.7 Å². The van der Waals surface area contributed by atoms with Crippen LogP contribution in [-0.4, -0.2) is 55.4 Å². The zero-order valence-electron chi connectivity index (χ0n) is 15.8. The number of carbonyl (C=O) groups is 1. The van der Waals surface area contributed by atoms with Crippen molar-refractivity contribution >= 4 is 15.9 Å². The average Bonchev–Trinajstić information content (AvgIpc) is 2.62. The van der Waals surface area contributed by atoms with E-state index in [-0.39, 0.29) is 23.4 Å². The van der Waals surface area contributed by atoms with E-state index in [1.54, 1.807) is 31.4 Å². The van der Waals surface area contributed by atoms with Crippen LogP contribution in [0.15, 0.2) is 41.6 Å². The normalized spacial score (nSPS) is 12.8. The second-order valence-electron chi connectivity index (χ2n) is 6.29. The van der Waals surface area contributed by atoms with E-state index >= 15 is 0 Å². The molecule has 1 atom stereocenters. The molecule has 1 aromatic heterocycles. The number of hydrogen-bond acceptors (Lipinski definition) is 6. The third-order valence-electron chi connectivity index (χ3n) is 3.85. The van der Waals surface area contributed by atoms with Crippen LogP contribution in [0.1, 0.15) is 28.7 Å². The zero-order valence-corrected chi connectivity index (χ0v) is 16.7. The molecule has 8 nitrogen and oxygen atoms in total. The van der Waals surface area contributed by atoms with Crippen molar-refractivity contribution in [1.82, 2.24) is 19.6 Å². The summed E-state index contributed by atoms with van der Waals surface area (Å²) in [5.74, 6) is -0.0126. The Hall–Kier alpha value is -2.36. The Kier molecular flexibility index (Phi) is 7.00. The molecular formula is C18H24N4O4S. The second-order valence-corrected chi connectivity index (χ2v) is 8.34. The molecule has 146 valence electrons. The molecule has 0 radical (unpaired) electrons. The van der Waals surface area contributed by atoms with E-state index in [0.29, 0.717) is 18.0 Å². The van der Waals surface area contributed by atoms with E-state index in [1.807, 2.05) is 13.8 Å². The molecule has 0 saturated heterocycles. The number of carbonyl (C=O) groups excluding carboxylic acids is 1. The lowest BCUT2D eigenvalue weighted by atomic mass is 10.2. The minimum absolute atomic E-state index is 0.00180. The molecular weight excluding hydrogens is 368 g/mol. The SMILES string of the molecule is COCC(C)NC(=O)c1cnc(CN(C)S(=O)(=O)c2ccc(C)cc2)nc1. The molecule has 0 aliphatic rings. The van der Waals surface area contributed by atoms with Crippen molar-refractivity contribution in [3.63, 3.8) is 0 Å². The first-order valence-corrected chi connectivity index (χ1v) is 9.81. The molecule has 1 heterocycles. The first-order chi connectivity index (χ1) is 12.7. The monoisotopic (exact) mass is 392 g/mol. The number of nitrogens with zero attached hydrogens (tertiary/aromatic N) is 3. The molecule has 0 spiro atoms. The van der Waals surface area contributed by atoms with Gasteiger partial charge in [0.2, 0.25) is 10.0 Å². The summed E-state index contributed by atoms with van der Waals surface area (Å²) >= 11 is 0. The Morgan fingerprint density at radius 1 is 1.22 bits per heavy atom. The van der Waals surface area contributed by atoms with Gasteiger partial charge < -0.3 is 10.1 Å². The highest BCUT2D eigenvalue weighted by Crippen LogP contribution is 2.16. The van der Waals surface area contributed by atoms with Gasteiger partial charge in [0.15, 0.2) is 0 Å². The Morgan fingerprint density at radius 2 is 1.81 bits per heavy atom. The van der Waals surface area contributed by atoms with Gasteiger partial charge in [-0.3, -0.25) is 4.79 Å². The van der Waals surface area contributed by atoms with Crippen molar-refractivity contribution in [2.75, 3.05) is 20.8 Å². The Morgan fingerprint density at radius 3 is 2.37 bits per heavy atom. The lowest BCUT2D eigenvalue weighted by Crippen LogP contribution is -2.35. The molecule has 0 aliphatic heterocycles. The van der Waals surface area contributed by atoms with Crippen molar-refractivity contribution < 1.29 is 17.9 Å². The number of benzene rings is 1. The number of aromatic nitrogens is 2. The first kappa shape index (κ1) is 20.9. The van der Waals surface area contributed by atoms with Crippen LogP contribution < -0.4 is 5.32 Å². The highest BCUT2D eigenvalue weighted by molar-refractivity contribution is 7.89. The standard InChI is InChI=1S/C18H24N4O4S/c1-13-5-7-16(8-6-13)27(24,25)22(3)11-17-19-9-15(10-20-17)18(23)21-14(2)12-26-4/h5-10,14H,11-12H2,1-4H3,(H,21,23). The van der Waals surface area contributed by atoms with Crippen molar-refractivity contribution in [2.45, 2.75) is 31.3 Å².